The van der Waals surface area contributed by atoms with Crippen LogP contribution in [0.3, 0.4) is 0 Å². The number of rotatable bonds is 3. The lowest BCUT2D eigenvalue weighted by molar-refractivity contribution is 0.301. The van der Waals surface area contributed by atoms with Gasteiger partial charge in [0.05, 0.1) is 10.9 Å². The molecule has 1 aliphatic rings. The second kappa shape index (κ2) is 4.42. The van der Waals surface area contributed by atoms with E-state index in [-0.39, 0.29) is 16.4 Å². The fraction of sp³-hybridized carbons (Fsp3) is 0.533. The molecule has 0 N–H and O–H groups in total. The molecule has 0 bridgehead atoms. The number of nitrogens with zero attached hydrogens (tertiary/aromatic N) is 2. The summed E-state index contributed by atoms with van der Waals surface area (Å²) in [5.41, 5.74) is 0.367. The molecule has 108 valence electrons. The predicted molar refractivity (Wildman–Crippen MR) is 76.0 cm³/mol. The topological polar surface area (TPSA) is 17.8 Å². The summed E-state index contributed by atoms with van der Waals surface area (Å²) in [7, 11) is 0. The van der Waals surface area contributed by atoms with Crippen LogP contribution in [0.2, 0.25) is 0 Å². The highest BCUT2D eigenvalue weighted by Gasteiger charge is 2.42. The van der Waals surface area contributed by atoms with Crippen molar-refractivity contribution in [3.63, 3.8) is 0 Å². The van der Waals surface area contributed by atoms with Crippen molar-refractivity contribution in [2.45, 2.75) is 44.5 Å². The third kappa shape index (κ3) is 1.93. The zero-order valence-electron chi connectivity index (χ0n) is 11.8. The van der Waals surface area contributed by atoms with Gasteiger partial charge in [-0.25, -0.2) is 13.8 Å². The number of imidazole rings is 1. The van der Waals surface area contributed by atoms with Crippen LogP contribution in [0.1, 0.15) is 44.8 Å². The summed E-state index contributed by atoms with van der Waals surface area (Å²) in [4.78, 5) is 4.41. The molecule has 20 heavy (non-hydrogen) atoms. The van der Waals surface area contributed by atoms with Crippen LogP contribution in [0.5, 0.6) is 0 Å². The van der Waals surface area contributed by atoms with Crippen molar-refractivity contribution in [2.24, 2.45) is 5.92 Å². The quantitative estimate of drug-likeness (QED) is 0.747. The highest BCUT2D eigenvalue weighted by atomic mass is 35.5. The first-order chi connectivity index (χ1) is 9.34. The molecule has 0 amide bonds. The molecule has 1 aliphatic carbocycles. The fourth-order valence-electron chi connectivity index (χ4n) is 2.94. The first-order valence-corrected chi connectivity index (χ1v) is 7.28. The lowest BCUT2D eigenvalue weighted by Crippen LogP contribution is -2.31. The summed E-state index contributed by atoms with van der Waals surface area (Å²) < 4.78 is 29.7. The molecule has 0 aliphatic heterocycles. The Morgan fingerprint density at radius 1 is 1.35 bits per heavy atom. The van der Waals surface area contributed by atoms with Gasteiger partial charge >= 0.3 is 0 Å². The first-order valence-electron chi connectivity index (χ1n) is 6.85. The van der Waals surface area contributed by atoms with Crippen molar-refractivity contribution in [3.8, 4) is 0 Å². The fourth-order valence-corrected chi connectivity index (χ4v) is 3.09. The minimum absolute atomic E-state index is 0.226. The molecular weight excluding hydrogens is 282 g/mol. The van der Waals surface area contributed by atoms with Crippen molar-refractivity contribution < 1.29 is 8.78 Å². The van der Waals surface area contributed by atoms with E-state index in [0.717, 1.165) is 18.9 Å². The van der Waals surface area contributed by atoms with Crippen molar-refractivity contribution >= 4 is 22.6 Å². The van der Waals surface area contributed by atoms with Gasteiger partial charge in [-0.15, -0.1) is 11.6 Å². The van der Waals surface area contributed by atoms with Gasteiger partial charge in [0.15, 0.2) is 11.6 Å². The molecule has 3 rings (SSSR count). The molecule has 1 aromatic heterocycles. The minimum atomic E-state index is -0.848. The molecule has 1 aromatic carbocycles. The second-order valence-corrected chi connectivity index (χ2v) is 6.73. The molecule has 0 spiro atoms. The number of hydrogen-bond donors (Lipinski definition) is 0. The monoisotopic (exact) mass is 298 g/mol. The Morgan fingerprint density at radius 3 is 2.55 bits per heavy atom. The van der Waals surface area contributed by atoms with E-state index in [9.17, 15) is 8.78 Å². The average molecular weight is 299 g/mol. The maximum Gasteiger partial charge on any atom is 0.184 e. The Kier molecular flexibility index (Phi) is 3.05. The molecule has 1 saturated carbocycles. The van der Waals surface area contributed by atoms with E-state index in [0.29, 0.717) is 17.3 Å². The molecule has 5 heteroatoms. The van der Waals surface area contributed by atoms with Crippen molar-refractivity contribution in [1.82, 2.24) is 9.55 Å². The van der Waals surface area contributed by atoms with Gasteiger partial charge in [0.1, 0.15) is 11.3 Å². The Morgan fingerprint density at radius 2 is 2.00 bits per heavy atom. The van der Waals surface area contributed by atoms with Crippen LogP contribution in [0.25, 0.3) is 11.0 Å². The number of aromatic nitrogens is 2. The van der Waals surface area contributed by atoms with Crippen LogP contribution in [-0.2, 0) is 5.54 Å². The van der Waals surface area contributed by atoms with Crippen LogP contribution in [0.4, 0.5) is 8.78 Å². The third-order valence-corrected chi connectivity index (χ3v) is 4.44. The van der Waals surface area contributed by atoms with E-state index >= 15 is 0 Å². The van der Waals surface area contributed by atoms with E-state index in [1.54, 1.807) is 11.5 Å². The lowest BCUT2D eigenvalue weighted by Gasteiger charge is -2.30. The summed E-state index contributed by atoms with van der Waals surface area (Å²) in [6, 6.07) is 2.62. The Labute approximate surface area is 121 Å². The molecule has 1 heterocycles. The lowest BCUT2D eigenvalue weighted by atomic mass is 9.97. The molecule has 2 aromatic rings. The zero-order valence-corrected chi connectivity index (χ0v) is 12.5. The molecule has 1 atom stereocenters. The smallest absolute Gasteiger partial charge is 0.184 e. The summed E-state index contributed by atoms with van der Waals surface area (Å²) in [5, 5.41) is -0.358. The van der Waals surface area contributed by atoms with Crippen molar-refractivity contribution in [2.75, 3.05) is 0 Å². The average Bonchev–Trinajstić information content (AvgIpc) is 3.14. The van der Waals surface area contributed by atoms with Crippen LogP contribution >= 0.6 is 11.6 Å². The standard InChI is InChI=1S/C15H17ClF2N2/c1-8(16)14-19-11-7-6-10(17)12(18)13(11)20(14)15(2,3)9-4-5-9/h6-9H,4-5H2,1-3H3. The highest BCUT2D eigenvalue weighted by molar-refractivity contribution is 6.20. The number of halogens is 3. The second-order valence-electron chi connectivity index (χ2n) is 6.08. The molecule has 1 unspecified atom stereocenters. The molecular formula is C15H17ClF2N2. The predicted octanol–water partition coefficient (Wildman–Crippen LogP) is 4.76. The summed E-state index contributed by atoms with van der Waals surface area (Å²) in [5.74, 6) is -0.633. The van der Waals surface area contributed by atoms with Gasteiger partial charge in [-0.05, 0) is 51.7 Å². The van der Waals surface area contributed by atoms with Gasteiger partial charge in [-0.3, -0.25) is 0 Å². The number of alkyl halides is 1. The highest BCUT2D eigenvalue weighted by Crippen LogP contribution is 2.47. The first kappa shape index (κ1) is 13.8. The van der Waals surface area contributed by atoms with Gasteiger partial charge in [0, 0.05) is 5.54 Å². The van der Waals surface area contributed by atoms with E-state index in [2.05, 4.69) is 4.98 Å². The number of fused-ring (bicyclic) bond motifs is 1. The maximum atomic E-state index is 14.3. The number of hydrogen-bond acceptors (Lipinski definition) is 1. The van der Waals surface area contributed by atoms with Crippen molar-refractivity contribution in [1.29, 1.82) is 0 Å². The molecule has 0 radical (unpaired) electrons. The van der Waals surface area contributed by atoms with Crippen LogP contribution in [-0.4, -0.2) is 9.55 Å². The molecule has 0 saturated heterocycles. The van der Waals surface area contributed by atoms with Gasteiger partial charge in [0.2, 0.25) is 0 Å². The summed E-state index contributed by atoms with van der Waals surface area (Å²) >= 11 is 6.20. The third-order valence-electron chi connectivity index (χ3n) is 4.24. The van der Waals surface area contributed by atoms with Gasteiger partial charge in [-0.1, -0.05) is 0 Å². The summed E-state index contributed by atoms with van der Waals surface area (Å²) in [6.07, 6.45) is 2.19. The number of benzene rings is 1. The van der Waals surface area contributed by atoms with Gasteiger partial charge < -0.3 is 4.57 Å². The molecule has 1 fully saturated rings. The van der Waals surface area contributed by atoms with Gasteiger partial charge in [0.25, 0.3) is 0 Å². The van der Waals surface area contributed by atoms with Crippen LogP contribution < -0.4 is 0 Å². The summed E-state index contributed by atoms with van der Waals surface area (Å²) in [6.45, 7) is 5.88. The molecule has 2 nitrogen and oxygen atoms in total. The maximum absolute atomic E-state index is 14.3. The SMILES string of the molecule is CC(Cl)c1nc2ccc(F)c(F)c2n1C(C)(C)C1CC1. The Bertz CT molecular complexity index is 672. The van der Waals surface area contributed by atoms with Gasteiger partial charge in [-0.2, -0.15) is 0 Å². The zero-order chi connectivity index (χ0) is 14.7. The van der Waals surface area contributed by atoms with E-state index < -0.39 is 11.6 Å². The Hall–Kier alpha value is -1.16. The van der Waals surface area contributed by atoms with E-state index in [4.69, 9.17) is 11.6 Å². The normalized spacial score (nSPS) is 17.7. The van der Waals surface area contributed by atoms with Crippen LogP contribution in [0.15, 0.2) is 12.1 Å². The Balaban J connectivity index is 2.36. The van der Waals surface area contributed by atoms with Crippen LogP contribution in [0, 0.1) is 17.6 Å². The van der Waals surface area contributed by atoms with E-state index in [1.165, 1.54) is 6.07 Å². The van der Waals surface area contributed by atoms with E-state index in [1.807, 2.05) is 13.8 Å². The largest absolute Gasteiger partial charge is 0.318 e. The van der Waals surface area contributed by atoms with Crippen molar-refractivity contribution in [3.05, 3.63) is 29.6 Å². The minimum Gasteiger partial charge on any atom is -0.318 e.